The van der Waals surface area contributed by atoms with Gasteiger partial charge in [-0.3, -0.25) is 4.79 Å². The minimum atomic E-state index is 0.0000447. The van der Waals surface area contributed by atoms with Crippen molar-refractivity contribution in [3.05, 3.63) is 104 Å². The Bertz CT molecular complexity index is 1240. The van der Waals surface area contributed by atoms with Crippen LogP contribution in [0, 0.1) is 0 Å². The van der Waals surface area contributed by atoms with Gasteiger partial charge in [-0.25, -0.2) is 0 Å². The van der Waals surface area contributed by atoms with E-state index in [9.17, 15) is 4.79 Å². The molecular formula is C24H17NOS. The molecule has 1 heterocycles. The predicted octanol–water partition coefficient (Wildman–Crippen LogP) is 5.76. The first kappa shape index (κ1) is 15.2. The molecule has 0 amide bonds. The molecule has 1 aromatic heterocycles. The van der Waals surface area contributed by atoms with Crippen LogP contribution in [0.3, 0.4) is 0 Å². The number of hydrogen-bond donors (Lipinski definition) is 1. The van der Waals surface area contributed by atoms with Crippen molar-refractivity contribution in [2.75, 3.05) is 0 Å². The molecule has 27 heavy (non-hydrogen) atoms. The number of rotatable bonds is 1. The van der Waals surface area contributed by atoms with Crippen molar-refractivity contribution in [2.24, 2.45) is 0 Å². The highest BCUT2D eigenvalue weighted by molar-refractivity contribution is 7.16. The Hall–Kier alpha value is -2.91. The number of hydrogen-bond acceptors (Lipinski definition) is 2. The Balaban J connectivity index is 1.61. The van der Waals surface area contributed by atoms with Gasteiger partial charge in [-0.05, 0) is 69.9 Å². The maximum absolute atomic E-state index is 11.7. The lowest BCUT2D eigenvalue weighted by molar-refractivity contribution is 1.03. The van der Waals surface area contributed by atoms with Crippen LogP contribution in [0.2, 0.25) is 0 Å². The monoisotopic (exact) mass is 367 g/mol. The summed E-state index contributed by atoms with van der Waals surface area (Å²) in [5.74, 6) is 1.29. The van der Waals surface area contributed by atoms with Gasteiger partial charge >= 0.3 is 4.87 Å². The number of nitrogens with one attached hydrogen (secondary N) is 1. The molecule has 0 aliphatic heterocycles. The van der Waals surface area contributed by atoms with Crippen molar-refractivity contribution in [2.45, 2.75) is 18.3 Å². The van der Waals surface area contributed by atoms with E-state index >= 15 is 0 Å². The summed E-state index contributed by atoms with van der Waals surface area (Å²) in [6, 6.07) is 23.9. The van der Waals surface area contributed by atoms with Gasteiger partial charge in [-0.2, -0.15) is 0 Å². The van der Waals surface area contributed by atoms with Gasteiger partial charge in [0.05, 0.1) is 10.2 Å². The first-order valence-electron chi connectivity index (χ1n) is 9.31. The molecule has 2 atom stereocenters. The quantitative estimate of drug-likeness (QED) is 0.456. The highest BCUT2D eigenvalue weighted by atomic mass is 32.1. The summed E-state index contributed by atoms with van der Waals surface area (Å²) in [4.78, 5) is 14.6. The fourth-order valence-corrected chi connectivity index (χ4v) is 5.26. The highest BCUT2D eigenvalue weighted by Crippen LogP contribution is 2.60. The maximum atomic E-state index is 11.7. The Morgan fingerprint density at radius 1 is 0.889 bits per heavy atom. The van der Waals surface area contributed by atoms with Gasteiger partial charge in [0, 0.05) is 0 Å². The van der Waals surface area contributed by atoms with Crippen molar-refractivity contribution in [3.8, 4) is 0 Å². The van der Waals surface area contributed by atoms with E-state index in [4.69, 9.17) is 0 Å². The molecule has 1 fully saturated rings. The molecule has 2 nitrogen and oxygen atoms in total. The average molecular weight is 367 g/mol. The van der Waals surface area contributed by atoms with Gasteiger partial charge in [0.1, 0.15) is 0 Å². The average Bonchev–Trinajstić information content (AvgIpc) is 3.41. The smallest absolute Gasteiger partial charge is 0.305 e. The van der Waals surface area contributed by atoms with Crippen molar-refractivity contribution in [1.29, 1.82) is 0 Å². The molecule has 0 unspecified atom stereocenters. The summed E-state index contributed by atoms with van der Waals surface area (Å²) in [5, 5.41) is 0. The molecule has 2 aliphatic carbocycles. The highest BCUT2D eigenvalue weighted by Gasteiger charge is 2.44. The molecule has 0 radical (unpaired) electrons. The van der Waals surface area contributed by atoms with Gasteiger partial charge in [-0.1, -0.05) is 65.9 Å². The fourth-order valence-electron chi connectivity index (χ4n) is 4.54. The van der Waals surface area contributed by atoms with Crippen molar-refractivity contribution >= 4 is 33.2 Å². The molecule has 0 saturated heterocycles. The van der Waals surface area contributed by atoms with Crippen molar-refractivity contribution in [3.63, 3.8) is 0 Å². The van der Waals surface area contributed by atoms with Crippen LogP contribution in [-0.4, -0.2) is 4.98 Å². The molecule has 2 aliphatic rings. The molecule has 130 valence electrons. The topological polar surface area (TPSA) is 32.9 Å². The largest absolute Gasteiger partial charge is 0.312 e. The van der Waals surface area contributed by atoms with Crippen LogP contribution < -0.4 is 4.87 Å². The van der Waals surface area contributed by atoms with E-state index in [0.29, 0.717) is 11.8 Å². The third-order valence-corrected chi connectivity index (χ3v) is 6.71. The molecule has 0 bridgehead atoms. The lowest BCUT2D eigenvalue weighted by Gasteiger charge is -2.14. The van der Waals surface area contributed by atoms with Crippen LogP contribution >= 0.6 is 11.3 Å². The number of fused-ring (bicyclic) bond motifs is 6. The zero-order valence-corrected chi connectivity index (χ0v) is 15.4. The molecule has 4 aromatic rings. The molecule has 1 saturated carbocycles. The van der Waals surface area contributed by atoms with Gasteiger partial charge in [-0.15, -0.1) is 0 Å². The summed E-state index contributed by atoms with van der Waals surface area (Å²) in [6.45, 7) is 0. The normalized spacial score (nSPS) is 21.4. The number of aromatic amines is 1. The molecule has 3 aromatic carbocycles. The van der Waals surface area contributed by atoms with Gasteiger partial charge < -0.3 is 4.98 Å². The SMILES string of the molecule is O=c1[nH]c2cc(C=C3c4ccccc4[C@H]4C[C@H]4c4ccccc43)ccc2s1. The Kier molecular flexibility index (Phi) is 3.12. The van der Waals surface area contributed by atoms with E-state index in [-0.39, 0.29) is 4.87 Å². The van der Waals surface area contributed by atoms with E-state index < -0.39 is 0 Å². The van der Waals surface area contributed by atoms with Crippen LogP contribution in [0.15, 0.2) is 71.5 Å². The second-order valence-electron chi connectivity index (χ2n) is 7.45. The Morgan fingerprint density at radius 3 is 2.26 bits per heavy atom. The number of aromatic nitrogens is 1. The van der Waals surface area contributed by atoms with E-state index in [1.54, 1.807) is 0 Å². The lowest BCUT2D eigenvalue weighted by atomic mass is 9.90. The summed E-state index contributed by atoms with van der Waals surface area (Å²) < 4.78 is 1.00. The Labute approximate surface area is 160 Å². The number of H-pyrrole nitrogens is 1. The molecular weight excluding hydrogens is 350 g/mol. The van der Waals surface area contributed by atoms with Crippen LogP contribution in [0.1, 0.15) is 46.1 Å². The van der Waals surface area contributed by atoms with Crippen molar-refractivity contribution in [1.82, 2.24) is 4.98 Å². The van der Waals surface area contributed by atoms with Crippen LogP contribution in [0.4, 0.5) is 0 Å². The maximum Gasteiger partial charge on any atom is 0.305 e. The van der Waals surface area contributed by atoms with E-state index in [2.05, 4.69) is 71.7 Å². The Morgan fingerprint density at radius 2 is 1.56 bits per heavy atom. The van der Waals surface area contributed by atoms with Crippen LogP contribution in [-0.2, 0) is 0 Å². The van der Waals surface area contributed by atoms with E-state index in [0.717, 1.165) is 15.8 Å². The van der Waals surface area contributed by atoms with Crippen molar-refractivity contribution < 1.29 is 0 Å². The third kappa shape index (κ3) is 2.35. The number of benzene rings is 3. The lowest BCUT2D eigenvalue weighted by Crippen LogP contribution is -1.94. The zero-order valence-electron chi connectivity index (χ0n) is 14.6. The standard InChI is InChI=1S/C24H17NOS/c26-24-25-22-12-14(9-10-23(22)27-24)11-19-15-5-1-3-7-17(15)20-13-21(20)18-8-4-2-6-16(18)19/h1-12,20-21H,13H2,(H,25,26)/t20-,21+. The fraction of sp³-hybridized carbons (Fsp3) is 0.125. The first-order chi connectivity index (χ1) is 13.3. The first-order valence-corrected chi connectivity index (χ1v) is 10.1. The van der Waals surface area contributed by atoms with Crippen LogP contribution in [0.5, 0.6) is 0 Å². The third-order valence-electron chi connectivity index (χ3n) is 5.85. The minimum Gasteiger partial charge on any atom is -0.312 e. The summed E-state index contributed by atoms with van der Waals surface area (Å²) in [7, 11) is 0. The van der Waals surface area contributed by atoms with Gasteiger partial charge in [0.15, 0.2) is 0 Å². The molecule has 0 spiro atoms. The molecule has 6 rings (SSSR count). The van der Waals surface area contributed by atoms with E-state index in [1.165, 1.54) is 45.6 Å². The molecule has 1 N–H and O–H groups in total. The number of thiazole rings is 1. The summed E-state index contributed by atoms with van der Waals surface area (Å²) in [5.41, 5.74) is 8.93. The van der Waals surface area contributed by atoms with E-state index in [1.807, 2.05) is 6.07 Å². The van der Waals surface area contributed by atoms with Gasteiger partial charge in [0.2, 0.25) is 0 Å². The predicted molar refractivity (Wildman–Crippen MR) is 112 cm³/mol. The second kappa shape index (κ2) is 5.54. The van der Waals surface area contributed by atoms with Gasteiger partial charge in [0.25, 0.3) is 0 Å². The van der Waals surface area contributed by atoms with Crippen LogP contribution in [0.25, 0.3) is 21.9 Å². The molecule has 3 heteroatoms. The second-order valence-corrected chi connectivity index (χ2v) is 8.47. The minimum absolute atomic E-state index is 0.0000447. The summed E-state index contributed by atoms with van der Waals surface area (Å²) in [6.07, 6.45) is 3.53. The summed E-state index contributed by atoms with van der Waals surface area (Å²) >= 11 is 1.26. The zero-order chi connectivity index (χ0) is 18.0.